The van der Waals surface area contributed by atoms with E-state index in [9.17, 15) is 14.0 Å². The Morgan fingerprint density at radius 3 is 2.41 bits per heavy atom. The molecule has 0 saturated heterocycles. The molecule has 9 heteroatoms. The lowest BCUT2D eigenvalue weighted by Crippen LogP contribution is -2.49. The van der Waals surface area contributed by atoms with Crippen molar-refractivity contribution >= 4 is 17.5 Å². The van der Waals surface area contributed by atoms with Gasteiger partial charge >= 0.3 is 0 Å². The predicted octanol–water partition coefficient (Wildman–Crippen LogP) is 3.06. The van der Waals surface area contributed by atoms with Crippen LogP contribution in [-0.4, -0.2) is 44.6 Å². The molecule has 8 nitrogen and oxygen atoms in total. The van der Waals surface area contributed by atoms with Gasteiger partial charge in [-0.25, -0.2) is 4.39 Å². The van der Waals surface area contributed by atoms with E-state index in [4.69, 9.17) is 0 Å². The summed E-state index contributed by atoms with van der Waals surface area (Å²) in [5.41, 5.74) is 1.19. The van der Waals surface area contributed by atoms with Crippen molar-refractivity contribution in [2.45, 2.75) is 39.8 Å². The lowest BCUT2D eigenvalue weighted by molar-refractivity contribution is -0.126. The number of para-hydroxylation sites is 1. The van der Waals surface area contributed by atoms with E-state index in [1.807, 2.05) is 6.07 Å². The highest BCUT2D eigenvalue weighted by Gasteiger charge is 2.28. The number of rotatable bonds is 9. The number of nitrogens with one attached hydrogen (secondary N) is 1. The zero-order valence-corrected chi connectivity index (χ0v) is 18.4. The lowest BCUT2D eigenvalue weighted by Gasteiger charge is -2.28. The third-order valence-corrected chi connectivity index (χ3v) is 4.92. The second-order valence-electron chi connectivity index (χ2n) is 7.90. The van der Waals surface area contributed by atoms with Gasteiger partial charge in [0, 0.05) is 17.8 Å². The Bertz CT molecular complexity index is 1040. The maximum absolute atomic E-state index is 13.2. The molecule has 0 aliphatic carbocycles. The number of hydrogen-bond acceptors (Lipinski definition) is 5. The Kier molecular flexibility index (Phi) is 7.64. The van der Waals surface area contributed by atoms with Crippen LogP contribution in [0.5, 0.6) is 0 Å². The molecule has 1 aromatic heterocycles. The molecule has 0 aliphatic heterocycles. The molecule has 0 aliphatic rings. The summed E-state index contributed by atoms with van der Waals surface area (Å²) in [7, 11) is 0. The summed E-state index contributed by atoms with van der Waals surface area (Å²) in [6, 6.07) is 14.0. The van der Waals surface area contributed by atoms with Gasteiger partial charge in [-0.05, 0) is 60.9 Å². The summed E-state index contributed by atoms with van der Waals surface area (Å²) in [5.74, 6) is -0.211. The van der Waals surface area contributed by atoms with Crippen LogP contribution < -0.4 is 10.2 Å². The Balaban J connectivity index is 1.76. The normalized spacial score (nSPS) is 11.9. The van der Waals surface area contributed by atoms with E-state index >= 15 is 0 Å². The minimum Gasteiger partial charge on any atom is -0.354 e. The van der Waals surface area contributed by atoms with Crippen LogP contribution in [0.3, 0.4) is 0 Å². The molecule has 3 rings (SSSR count). The first kappa shape index (κ1) is 23.1. The van der Waals surface area contributed by atoms with E-state index in [2.05, 4.69) is 34.6 Å². The summed E-state index contributed by atoms with van der Waals surface area (Å²) < 4.78 is 13.1. The smallest absolute Gasteiger partial charge is 0.251 e. The Labute approximate surface area is 186 Å². The highest BCUT2D eigenvalue weighted by atomic mass is 19.1. The van der Waals surface area contributed by atoms with E-state index < -0.39 is 6.04 Å². The van der Waals surface area contributed by atoms with Crippen molar-refractivity contribution in [2.24, 2.45) is 5.92 Å². The number of carbonyl (C=O) groups excluding carboxylic acids is 2. The largest absolute Gasteiger partial charge is 0.354 e. The van der Waals surface area contributed by atoms with Crippen molar-refractivity contribution in [3.8, 4) is 11.4 Å². The van der Waals surface area contributed by atoms with Crippen LogP contribution in [0.4, 0.5) is 10.1 Å². The number of aromatic nitrogens is 4. The number of tetrazole rings is 1. The van der Waals surface area contributed by atoms with E-state index in [0.29, 0.717) is 23.7 Å². The third-order valence-electron chi connectivity index (χ3n) is 4.92. The number of anilines is 1. The fourth-order valence-corrected chi connectivity index (χ4v) is 3.14. The standard InChI is InChI=1S/C23H27FN6O2/c1-16(2)13-14-25-23(32)17(3)30(20-7-5-4-6-8-20)21(31)15-29-27-22(26-28-29)18-9-11-19(24)12-10-18/h4-12,16-17H,13-15H2,1-3H3,(H,25,32). The molecule has 0 fully saturated rings. The van der Waals surface area contributed by atoms with Crippen molar-refractivity contribution in [3.63, 3.8) is 0 Å². The van der Waals surface area contributed by atoms with Crippen molar-refractivity contribution in [2.75, 3.05) is 11.4 Å². The maximum Gasteiger partial charge on any atom is 0.251 e. The van der Waals surface area contributed by atoms with Crippen molar-refractivity contribution < 1.29 is 14.0 Å². The fraction of sp³-hybridized carbons (Fsp3) is 0.348. The number of amides is 2. The van der Waals surface area contributed by atoms with Crippen LogP contribution in [-0.2, 0) is 16.1 Å². The maximum atomic E-state index is 13.2. The number of carbonyl (C=O) groups is 2. The van der Waals surface area contributed by atoms with Crippen LogP contribution in [0.25, 0.3) is 11.4 Å². The number of hydrogen-bond donors (Lipinski definition) is 1. The molecule has 0 spiro atoms. The number of nitrogens with zero attached hydrogens (tertiary/aromatic N) is 5. The van der Waals surface area contributed by atoms with Crippen molar-refractivity contribution in [1.29, 1.82) is 0 Å². The molecule has 0 bridgehead atoms. The zero-order chi connectivity index (χ0) is 23.1. The van der Waals surface area contributed by atoms with Gasteiger partial charge in [0.25, 0.3) is 5.91 Å². The van der Waals surface area contributed by atoms with E-state index in [1.54, 1.807) is 43.3 Å². The summed E-state index contributed by atoms with van der Waals surface area (Å²) in [6.07, 6.45) is 0.854. The van der Waals surface area contributed by atoms with E-state index in [-0.39, 0.29) is 30.0 Å². The van der Waals surface area contributed by atoms with Gasteiger partial charge in [0.2, 0.25) is 11.7 Å². The first-order valence-corrected chi connectivity index (χ1v) is 10.5. The average molecular weight is 439 g/mol. The van der Waals surface area contributed by atoms with Crippen LogP contribution in [0.2, 0.25) is 0 Å². The molecule has 168 valence electrons. The molecule has 1 N–H and O–H groups in total. The molecular formula is C23H27FN6O2. The zero-order valence-electron chi connectivity index (χ0n) is 18.4. The van der Waals surface area contributed by atoms with E-state index in [0.717, 1.165) is 6.42 Å². The third kappa shape index (κ3) is 5.96. The van der Waals surface area contributed by atoms with Gasteiger partial charge in [-0.1, -0.05) is 32.0 Å². The Morgan fingerprint density at radius 1 is 1.06 bits per heavy atom. The van der Waals surface area contributed by atoms with Gasteiger partial charge in [0.15, 0.2) is 0 Å². The second-order valence-corrected chi connectivity index (χ2v) is 7.90. The number of halogens is 1. The van der Waals surface area contributed by atoms with Gasteiger partial charge in [-0.3, -0.25) is 14.5 Å². The molecule has 2 aromatic carbocycles. The highest BCUT2D eigenvalue weighted by Crippen LogP contribution is 2.18. The highest BCUT2D eigenvalue weighted by molar-refractivity contribution is 6.00. The molecule has 1 heterocycles. The van der Waals surface area contributed by atoms with Crippen molar-refractivity contribution in [1.82, 2.24) is 25.5 Å². The summed E-state index contributed by atoms with van der Waals surface area (Å²) in [4.78, 5) is 28.5. The first-order valence-electron chi connectivity index (χ1n) is 10.5. The molecule has 3 aromatic rings. The monoisotopic (exact) mass is 438 g/mol. The minimum absolute atomic E-state index is 0.202. The lowest BCUT2D eigenvalue weighted by atomic mass is 10.1. The summed E-state index contributed by atoms with van der Waals surface area (Å²) in [5, 5.41) is 15.0. The Hall–Kier alpha value is -3.62. The molecule has 1 unspecified atom stereocenters. The molecule has 1 atom stereocenters. The van der Waals surface area contributed by atoms with Crippen LogP contribution in [0.1, 0.15) is 27.2 Å². The van der Waals surface area contributed by atoms with Gasteiger partial charge in [-0.15, -0.1) is 10.2 Å². The van der Waals surface area contributed by atoms with Gasteiger partial charge in [0.1, 0.15) is 18.4 Å². The van der Waals surface area contributed by atoms with Gasteiger partial charge in [-0.2, -0.15) is 4.80 Å². The first-order chi connectivity index (χ1) is 15.3. The topological polar surface area (TPSA) is 93.0 Å². The molecular weight excluding hydrogens is 411 g/mol. The summed E-state index contributed by atoms with van der Waals surface area (Å²) in [6.45, 7) is 6.20. The predicted molar refractivity (Wildman–Crippen MR) is 119 cm³/mol. The van der Waals surface area contributed by atoms with E-state index in [1.165, 1.54) is 21.8 Å². The van der Waals surface area contributed by atoms with Crippen LogP contribution in [0.15, 0.2) is 54.6 Å². The molecule has 32 heavy (non-hydrogen) atoms. The molecule has 0 saturated carbocycles. The average Bonchev–Trinajstić information content (AvgIpc) is 3.23. The molecule has 0 radical (unpaired) electrons. The van der Waals surface area contributed by atoms with Crippen LogP contribution >= 0.6 is 0 Å². The molecule has 2 amide bonds. The van der Waals surface area contributed by atoms with Crippen molar-refractivity contribution in [3.05, 3.63) is 60.4 Å². The van der Waals surface area contributed by atoms with Gasteiger partial charge in [0.05, 0.1) is 0 Å². The SMILES string of the molecule is CC(C)CCNC(=O)C(C)N(C(=O)Cn1nnc(-c2ccc(F)cc2)n1)c1ccccc1. The quantitative estimate of drug-likeness (QED) is 0.554. The second kappa shape index (κ2) is 10.6. The fourth-order valence-electron chi connectivity index (χ4n) is 3.14. The van der Waals surface area contributed by atoms with Crippen LogP contribution in [0, 0.1) is 11.7 Å². The number of benzene rings is 2. The Morgan fingerprint density at radius 2 is 1.75 bits per heavy atom. The minimum atomic E-state index is -0.725. The summed E-state index contributed by atoms with van der Waals surface area (Å²) >= 11 is 0. The van der Waals surface area contributed by atoms with Gasteiger partial charge < -0.3 is 5.32 Å².